The van der Waals surface area contributed by atoms with Crippen molar-refractivity contribution in [2.24, 2.45) is 0 Å². The van der Waals surface area contributed by atoms with E-state index < -0.39 is 27.6 Å². The standard InChI is InChI=1S/C24H31ClN2O5S/c1-6-24(7-2)15-20(18-10-8-9-11-21(18)32-24)26-23(28)16(3)27(33(5,29)30)17-12-13-22(31-4)19(25)14-17/h8-14,16,20H,6-7,15H2,1-5H3,(H,26,28)/t16-,20-/m0/s1. The lowest BCUT2D eigenvalue weighted by molar-refractivity contribution is -0.123. The molecule has 1 aliphatic heterocycles. The van der Waals surface area contributed by atoms with Crippen molar-refractivity contribution in [1.29, 1.82) is 0 Å². The van der Waals surface area contributed by atoms with Gasteiger partial charge in [-0.05, 0) is 44.0 Å². The van der Waals surface area contributed by atoms with Crippen LogP contribution >= 0.6 is 11.6 Å². The molecule has 0 aromatic heterocycles. The Morgan fingerprint density at radius 2 is 1.94 bits per heavy atom. The second kappa shape index (κ2) is 9.81. The van der Waals surface area contributed by atoms with Crippen LogP contribution in [-0.4, -0.2) is 39.3 Å². The van der Waals surface area contributed by atoms with Gasteiger partial charge in [0.25, 0.3) is 0 Å². The number of hydrogen-bond acceptors (Lipinski definition) is 5. The first-order valence-electron chi connectivity index (χ1n) is 11.0. The number of halogens is 1. The first kappa shape index (κ1) is 25.2. The van der Waals surface area contributed by atoms with Crippen molar-refractivity contribution in [2.75, 3.05) is 17.7 Å². The molecule has 2 atom stereocenters. The number of rotatable bonds is 8. The predicted octanol–water partition coefficient (Wildman–Crippen LogP) is 4.70. The first-order valence-corrected chi connectivity index (χ1v) is 13.2. The number of carbonyl (C=O) groups excluding carboxylic acids is 1. The number of methoxy groups -OCH3 is 1. The van der Waals surface area contributed by atoms with Crippen LogP contribution in [0.1, 0.15) is 51.6 Å². The summed E-state index contributed by atoms with van der Waals surface area (Å²) in [4.78, 5) is 13.4. The largest absolute Gasteiger partial charge is 0.495 e. The van der Waals surface area contributed by atoms with E-state index in [1.165, 1.54) is 13.2 Å². The molecule has 1 aliphatic rings. The molecule has 0 aliphatic carbocycles. The Morgan fingerprint density at radius 3 is 2.52 bits per heavy atom. The van der Waals surface area contributed by atoms with E-state index in [1.54, 1.807) is 19.1 Å². The van der Waals surface area contributed by atoms with Gasteiger partial charge in [-0.3, -0.25) is 9.10 Å². The van der Waals surface area contributed by atoms with E-state index in [4.69, 9.17) is 21.1 Å². The lowest BCUT2D eigenvalue weighted by Crippen LogP contribution is -2.51. The minimum absolute atomic E-state index is 0.255. The molecule has 1 heterocycles. The number of fused-ring (bicyclic) bond motifs is 1. The summed E-state index contributed by atoms with van der Waals surface area (Å²) in [6.07, 6.45) is 3.25. The van der Waals surface area contributed by atoms with Crippen molar-refractivity contribution in [2.45, 2.75) is 57.7 Å². The van der Waals surface area contributed by atoms with Gasteiger partial charge in [0.15, 0.2) is 0 Å². The maximum Gasteiger partial charge on any atom is 0.244 e. The Labute approximate surface area is 201 Å². The summed E-state index contributed by atoms with van der Waals surface area (Å²) < 4.78 is 37.9. The van der Waals surface area contributed by atoms with Crippen LogP contribution in [0.5, 0.6) is 11.5 Å². The molecule has 0 radical (unpaired) electrons. The van der Waals surface area contributed by atoms with Crippen molar-refractivity contribution < 1.29 is 22.7 Å². The van der Waals surface area contributed by atoms with Crippen molar-refractivity contribution in [1.82, 2.24) is 5.32 Å². The van der Waals surface area contributed by atoms with E-state index in [-0.39, 0.29) is 16.8 Å². The molecule has 9 heteroatoms. The van der Waals surface area contributed by atoms with Crippen molar-refractivity contribution in [3.63, 3.8) is 0 Å². The van der Waals surface area contributed by atoms with Gasteiger partial charge in [-0.25, -0.2) is 8.42 Å². The van der Waals surface area contributed by atoms with Gasteiger partial charge in [0, 0.05) is 12.0 Å². The minimum atomic E-state index is -3.78. The topological polar surface area (TPSA) is 84.9 Å². The average Bonchev–Trinajstić information content (AvgIpc) is 2.78. The van der Waals surface area contributed by atoms with Crippen molar-refractivity contribution in [3.05, 3.63) is 53.1 Å². The van der Waals surface area contributed by atoms with E-state index in [2.05, 4.69) is 19.2 Å². The molecule has 0 bridgehead atoms. The number of amides is 1. The molecule has 1 N–H and O–H groups in total. The maximum atomic E-state index is 13.4. The zero-order valence-electron chi connectivity index (χ0n) is 19.6. The third-order valence-corrected chi connectivity index (χ3v) is 7.82. The van der Waals surface area contributed by atoms with Gasteiger partial charge >= 0.3 is 0 Å². The second-order valence-electron chi connectivity index (χ2n) is 8.35. The number of para-hydroxylation sites is 1. The second-order valence-corrected chi connectivity index (χ2v) is 10.6. The number of carbonyl (C=O) groups is 1. The highest BCUT2D eigenvalue weighted by Crippen LogP contribution is 2.42. The number of ether oxygens (including phenoxy) is 2. The van der Waals surface area contributed by atoms with E-state index in [1.807, 2.05) is 24.3 Å². The van der Waals surface area contributed by atoms with Gasteiger partial charge in [-0.2, -0.15) is 0 Å². The Morgan fingerprint density at radius 1 is 1.27 bits per heavy atom. The molecule has 0 saturated heterocycles. The molecule has 0 unspecified atom stereocenters. The number of anilines is 1. The molecule has 180 valence electrons. The fourth-order valence-electron chi connectivity index (χ4n) is 4.32. The lowest BCUT2D eigenvalue weighted by atomic mass is 9.83. The monoisotopic (exact) mass is 494 g/mol. The SMILES string of the molecule is CCC1(CC)C[C@H](NC(=O)[C@H](C)N(c2ccc(OC)c(Cl)c2)S(C)(=O)=O)c2ccccc2O1. The molecule has 2 aromatic rings. The average molecular weight is 495 g/mol. The van der Waals surface area contributed by atoms with E-state index in [0.29, 0.717) is 12.2 Å². The van der Waals surface area contributed by atoms with Gasteiger partial charge in [0.2, 0.25) is 15.9 Å². The zero-order chi connectivity index (χ0) is 24.4. The Kier molecular flexibility index (Phi) is 7.49. The molecule has 0 fully saturated rings. The third kappa shape index (κ3) is 5.22. The summed E-state index contributed by atoms with van der Waals surface area (Å²) in [6.45, 7) is 5.70. The Hall–Kier alpha value is -2.45. The normalized spacial score (nSPS) is 17.9. The smallest absolute Gasteiger partial charge is 0.244 e. The number of nitrogens with zero attached hydrogens (tertiary/aromatic N) is 1. The molecule has 2 aromatic carbocycles. The molecule has 7 nitrogen and oxygen atoms in total. The number of sulfonamides is 1. The molecular weight excluding hydrogens is 464 g/mol. The van der Waals surface area contributed by atoms with E-state index >= 15 is 0 Å². The summed E-state index contributed by atoms with van der Waals surface area (Å²) in [5.74, 6) is 0.753. The molecule has 3 rings (SSSR count). The summed E-state index contributed by atoms with van der Waals surface area (Å²) in [6, 6.07) is 11.0. The van der Waals surface area contributed by atoms with Gasteiger partial charge in [0.05, 0.1) is 30.1 Å². The first-order chi connectivity index (χ1) is 15.5. The fraction of sp³-hybridized carbons (Fsp3) is 0.458. The molecule has 0 saturated carbocycles. The quantitative estimate of drug-likeness (QED) is 0.574. The highest BCUT2D eigenvalue weighted by molar-refractivity contribution is 7.92. The Balaban J connectivity index is 1.92. The Bertz CT molecular complexity index is 1120. The predicted molar refractivity (Wildman–Crippen MR) is 131 cm³/mol. The van der Waals surface area contributed by atoms with Crippen LogP contribution < -0.4 is 19.1 Å². The molecule has 0 spiro atoms. The van der Waals surface area contributed by atoms with Crippen LogP contribution in [0.25, 0.3) is 0 Å². The maximum absolute atomic E-state index is 13.4. The highest BCUT2D eigenvalue weighted by Gasteiger charge is 2.40. The van der Waals surface area contributed by atoms with Crippen LogP contribution in [-0.2, 0) is 14.8 Å². The summed E-state index contributed by atoms with van der Waals surface area (Å²) >= 11 is 6.22. The highest BCUT2D eigenvalue weighted by atomic mass is 35.5. The number of nitrogens with one attached hydrogen (secondary N) is 1. The zero-order valence-corrected chi connectivity index (χ0v) is 21.2. The fourth-order valence-corrected chi connectivity index (χ4v) is 5.74. The van der Waals surface area contributed by atoms with Gasteiger partial charge < -0.3 is 14.8 Å². The lowest BCUT2D eigenvalue weighted by Gasteiger charge is -2.42. The number of hydrogen-bond donors (Lipinski definition) is 1. The van der Waals surface area contributed by atoms with Crippen LogP contribution in [0.4, 0.5) is 5.69 Å². The molecule has 1 amide bonds. The van der Waals surface area contributed by atoms with Crippen LogP contribution in [0, 0.1) is 0 Å². The summed E-state index contributed by atoms with van der Waals surface area (Å²) in [5.41, 5.74) is 0.777. The number of benzene rings is 2. The van der Waals surface area contributed by atoms with E-state index in [0.717, 1.165) is 34.7 Å². The van der Waals surface area contributed by atoms with Crippen LogP contribution in [0.3, 0.4) is 0 Å². The van der Waals surface area contributed by atoms with Gasteiger partial charge in [0.1, 0.15) is 23.1 Å². The van der Waals surface area contributed by atoms with Crippen LogP contribution in [0.15, 0.2) is 42.5 Å². The van der Waals surface area contributed by atoms with Crippen LogP contribution in [0.2, 0.25) is 5.02 Å². The van der Waals surface area contributed by atoms with Crippen molar-refractivity contribution in [3.8, 4) is 11.5 Å². The molecule has 33 heavy (non-hydrogen) atoms. The van der Waals surface area contributed by atoms with E-state index in [9.17, 15) is 13.2 Å². The summed E-state index contributed by atoms with van der Waals surface area (Å²) in [5, 5.41) is 3.33. The van der Waals surface area contributed by atoms with Gasteiger partial charge in [-0.15, -0.1) is 0 Å². The minimum Gasteiger partial charge on any atom is -0.495 e. The van der Waals surface area contributed by atoms with Crippen molar-refractivity contribution >= 4 is 33.2 Å². The molecular formula is C24H31ClN2O5S. The third-order valence-electron chi connectivity index (χ3n) is 6.28. The summed E-state index contributed by atoms with van der Waals surface area (Å²) in [7, 11) is -2.31. The van der Waals surface area contributed by atoms with Gasteiger partial charge in [-0.1, -0.05) is 43.6 Å².